The van der Waals surface area contributed by atoms with E-state index in [0.717, 1.165) is 0 Å². The Balaban J connectivity index is 2.64. The van der Waals surface area contributed by atoms with Gasteiger partial charge in [-0.25, -0.2) is 8.42 Å². The number of pyridine rings is 1. The number of hydrogen-bond acceptors (Lipinski definition) is 4. The maximum atomic E-state index is 12.6. The highest BCUT2D eigenvalue weighted by Crippen LogP contribution is 2.34. The number of rotatable bonds is 3. The van der Waals surface area contributed by atoms with E-state index in [9.17, 15) is 13.7 Å². The first kappa shape index (κ1) is 13.2. The molecule has 5 heteroatoms. The molecule has 0 amide bonds. The van der Waals surface area contributed by atoms with Crippen molar-refractivity contribution in [3.63, 3.8) is 0 Å². The Hall–Kier alpha value is -2.19. The summed E-state index contributed by atoms with van der Waals surface area (Å²) in [5.41, 5.74) is 0.446. The molecule has 1 atom stereocenters. The van der Waals surface area contributed by atoms with Crippen molar-refractivity contribution in [2.24, 2.45) is 0 Å². The van der Waals surface area contributed by atoms with Gasteiger partial charge in [0.05, 0.1) is 11.0 Å². The molecule has 0 N–H and O–H groups in total. The molecule has 0 aliphatic rings. The van der Waals surface area contributed by atoms with Crippen LogP contribution in [0.3, 0.4) is 0 Å². The summed E-state index contributed by atoms with van der Waals surface area (Å²) in [7, 11) is -3.83. The van der Waals surface area contributed by atoms with E-state index < -0.39 is 14.6 Å². The molecular weight excluding hydrogens is 260 g/mol. The van der Waals surface area contributed by atoms with Crippen molar-refractivity contribution in [1.29, 1.82) is 5.26 Å². The summed E-state index contributed by atoms with van der Waals surface area (Å²) in [6.45, 7) is 1.41. The summed E-state index contributed by atoms with van der Waals surface area (Å²) in [5.74, 6) is 0. The Morgan fingerprint density at radius 1 is 1.16 bits per heavy atom. The van der Waals surface area contributed by atoms with Gasteiger partial charge in [0, 0.05) is 12.4 Å². The minimum absolute atomic E-state index is 0.0444. The summed E-state index contributed by atoms with van der Waals surface area (Å²) >= 11 is 0. The van der Waals surface area contributed by atoms with Gasteiger partial charge in [-0.05, 0) is 24.6 Å². The summed E-state index contributed by atoms with van der Waals surface area (Å²) in [6.07, 6.45) is 2.75. The zero-order valence-corrected chi connectivity index (χ0v) is 11.1. The fourth-order valence-electron chi connectivity index (χ4n) is 1.78. The molecule has 1 heterocycles. The third-order valence-electron chi connectivity index (χ3n) is 3.02. The summed E-state index contributed by atoms with van der Waals surface area (Å²) in [5, 5.41) is 9.39. The SMILES string of the molecule is CC(C#N)(c1ccccc1)S(=O)(=O)c1cccnc1. The molecule has 96 valence electrons. The normalized spacial score (nSPS) is 14.3. The van der Waals surface area contributed by atoms with E-state index in [4.69, 9.17) is 0 Å². The van der Waals surface area contributed by atoms with Gasteiger partial charge in [0.1, 0.15) is 0 Å². The molecule has 0 bridgehead atoms. The molecule has 0 radical (unpaired) electrons. The van der Waals surface area contributed by atoms with Crippen LogP contribution in [0.2, 0.25) is 0 Å². The van der Waals surface area contributed by atoms with E-state index in [1.165, 1.54) is 31.5 Å². The van der Waals surface area contributed by atoms with E-state index in [-0.39, 0.29) is 4.90 Å². The largest absolute Gasteiger partial charge is 0.263 e. The van der Waals surface area contributed by atoms with E-state index in [2.05, 4.69) is 4.98 Å². The quantitative estimate of drug-likeness (QED) is 0.859. The van der Waals surface area contributed by atoms with Gasteiger partial charge in [-0.1, -0.05) is 30.3 Å². The number of hydrogen-bond donors (Lipinski definition) is 0. The first-order chi connectivity index (χ1) is 9.02. The molecule has 2 rings (SSSR count). The van der Waals surface area contributed by atoms with Gasteiger partial charge >= 0.3 is 0 Å². The maximum Gasteiger partial charge on any atom is 0.202 e. The van der Waals surface area contributed by atoms with Crippen molar-refractivity contribution in [3.05, 3.63) is 60.4 Å². The molecule has 0 saturated heterocycles. The van der Waals surface area contributed by atoms with Crippen LogP contribution in [0.1, 0.15) is 12.5 Å². The molecule has 1 aromatic carbocycles. The third kappa shape index (κ3) is 2.11. The van der Waals surface area contributed by atoms with Crippen LogP contribution in [0.15, 0.2) is 59.8 Å². The lowest BCUT2D eigenvalue weighted by Crippen LogP contribution is -2.31. The molecule has 0 spiro atoms. The first-order valence-electron chi connectivity index (χ1n) is 5.64. The van der Waals surface area contributed by atoms with E-state index in [1.54, 1.807) is 30.3 Å². The second kappa shape index (κ2) is 4.82. The molecule has 0 aliphatic carbocycles. The van der Waals surface area contributed by atoms with Gasteiger partial charge in [0.2, 0.25) is 9.84 Å². The molecule has 0 aliphatic heterocycles. The predicted molar refractivity (Wildman–Crippen MR) is 70.8 cm³/mol. The number of benzene rings is 1. The van der Waals surface area contributed by atoms with Crippen LogP contribution in [-0.2, 0) is 14.6 Å². The van der Waals surface area contributed by atoms with Crippen LogP contribution in [0.4, 0.5) is 0 Å². The van der Waals surface area contributed by atoms with Crippen LogP contribution < -0.4 is 0 Å². The zero-order chi connectivity index (χ0) is 13.9. The van der Waals surface area contributed by atoms with Gasteiger partial charge in [-0.2, -0.15) is 5.26 Å². The third-order valence-corrected chi connectivity index (χ3v) is 5.28. The zero-order valence-electron chi connectivity index (χ0n) is 10.3. The van der Waals surface area contributed by atoms with Gasteiger partial charge < -0.3 is 0 Å². The number of nitriles is 1. The Labute approximate surface area is 112 Å². The lowest BCUT2D eigenvalue weighted by atomic mass is 10.0. The van der Waals surface area contributed by atoms with E-state index in [1.807, 2.05) is 6.07 Å². The minimum atomic E-state index is -3.83. The fourth-order valence-corrected chi connectivity index (χ4v) is 3.27. The molecule has 4 nitrogen and oxygen atoms in total. The van der Waals surface area contributed by atoms with Gasteiger partial charge in [-0.3, -0.25) is 4.98 Å². The Kier molecular flexibility index (Phi) is 3.36. The summed E-state index contributed by atoms with van der Waals surface area (Å²) < 4.78 is 23.6. The Morgan fingerprint density at radius 2 is 1.84 bits per heavy atom. The fraction of sp³-hybridized carbons (Fsp3) is 0.143. The van der Waals surface area contributed by atoms with Crippen molar-refractivity contribution < 1.29 is 8.42 Å². The van der Waals surface area contributed by atoms with E-state index >= 15 is 0 Å². The maximum absolute atomic E-state index is 12.6. The highest BCUT2D eigenvalue weighted by Gasteiger charge is 2.42. The van der Waals surface area contributed by atoms with Crippen molar-refractivity contribution in [3.8, 4) is 6.07 Å². The van der Waals surface area contributed by atoms with Crippen LogP contribution in [-0.4, -0.2) is 13.4 Å². The lowest BCUT2D eigenvalue weighted by Gasteiger charge is -2.22. The van der Waals surface area contributed by atoms with Crippen LogP contribution in [0.5, 0.6) is 0 Å². The van der Waals surface area contributed by atoms with Crippen LogP contribution in [0.25, 0.3) is 0 Å². The molecule has 2 aromatic rings. The second-order valence-corrected chi connectivity index (χ2v) is 6.50. The van der Waals surface area contributed by atoms with Crippen LogP contribution in [0, 0.1) is 11.3 Å². The molecule has 0 fully saturated rings. The van der Waals surface area contributed by atoms with Crippen LogP contribution >= 0.6 is 0 Å². The van der Waals surface area contributed by atoms with Crippen molar-refractivity contribution in [2.75, 3.05) is 0 Å². The number of aromatic nitrogens is 1. The molecule has 1 aromatic heterocycles. The summed E-state index contributed by atoms with van der Waals surface area (Å²) in [4.78, 5) is 3.85. The highest BCUT2D eigenvalue weighted by atomic mass is 32.2. The first-order valence-corrected chi connectivity index (χ1v) is 7.12. The molecule has 1 unspecified atom stereocenters. The van der Waals surface area contributed by atoms with Crippen molar-refractivity contribution in [1.82, 2.24) is 4.98 Å². The average Bonchev–Trinajstić information content (AvgIpc) is 2.48. The van der Waals surface area contributed by atoms with E-state index in [0.29, 0.717) is 5.56 Å². The monoisotopic (exact) mass is 272 g/mol. The Morgan fingerprint density at radius 3 is 2.37 bits per heavy atom. The number of sulfone groups is 1. The smallest absolute Gasteiger partial charge is 0.202 e. The summed E-state index contributed by atoms with van der Waals surface area (Å²) in [6, 6.07) is 13.4. The lowest BCUT2D eigenvalue weighted by molar-refractivity contribution is 0.570. The topological polar surface area (TPSA) is 70.8 Å². The van der Waals surface area contributed by atoms with Gasteiger partial charge in [0.15, 0.2) is 4.75 Å². The van der Waals surface area contributed by atoms with Gasteiger partial charge in [-0.15, -0.1) is 0 Å². The Bertz CT molecular complexity index is 706. The highest BCUT2D eigenvalue weighted by molar-refractivity contribution is 7.92. The predicted octanol–water partition coefficient (Wildman–Crippen LogP) is 2.29. The number of nitrogens with zero attached hydrogens (tertiary/aromatic N) is 2. The second-order valence-electron chi connectivity index (χ2n) is 4.20. The van der Waals surface area contributed by atoms with Gasteiger partial charge in [0.25, 0.3) is 0 Å². The molecule has 0 saturated carbocycles. The van der Waals surface area contributed by atoms with Crippen molar-refractivity contribution in [2.45, 2.75) is 16.6 Å². The molecular formula is C14H12N2O2S. The standard InChI is InChI=1S/C14H12N2O2S/c1-14(11-15,12-6-3-2-4-7-12)19(17,18)13-8-5-9-16-10-13/h2-10H,1H3. The van der Waals surface area contributed by atoms with Crippen molar-refractivity contribution >= 4 is 9.84 Å². The molecule has 19 heavy (non-hydrogen) atoms. The average molecular weight is 272 g/mol. The minimum Gasteiger partial charge on any atom is -0.263 e.